The first-order chi connectivity index (χ1) is 14.3. The summed E-state index contributed by atoms with van der Waals surface area (Å²) in [7, 11) is 1.75. The van der Waals surface area contributed by atoms with E-state index in [0.29, 0.717) is 16.9 Å². The van der Waals surface area contributed by atoms with Gasteiger partial charge in [0.2, 0.25) is 0 Å². The molecule has 1 fully saturated rings. The van der Waals surface area contributed by atoms with E-state index in [4.69, 9.17) is 0 Å². The molecule has 3 aromatic heterocycles. The predicted octanol–water partition coefficient (Wildman–Crippen LogP) is 3.75. The zero-order valence-electron chi connectivity index (χ0n) is 16.3. The summed E-state index contributed by atoms with van der Waals surface area (Å²) >= 11 is 0. The number of hydrogen-bond donors (Lipinski definition) is 0. The smallest absolute Gasteiger partial charge is 0.355 e. The van der Waals surface area contributed by atoms with Crippen LogP contribution >= 0.6 is 0 Å². The van der Waals surface area contributed by atoms with Gasteiger partial charge in [0.15, 0.2) is 5.82 Å². The first-order valence-corrected chi connectivity index (χ1v) is 9.50. The van der Waals surface area contributed by atoms with Crippen LogP contribution in [-0.2, 0) is 13.2 Å². The van der Waals surface area contributed by atoms with E-state index in [1.165, 1.54) is 18.5 Å². The van der Waals surface area contributed by atoms with Crippen LogP contribution in [0.25, 0.3) is 28.0 Å². The highest BCUT2D eigenvalue weighted by Crippen LogP contribution is 2.35. The molecular formula is C20H18F3N7. The van der Waals surface area contributed by atoms with Crippen LogP contribution < -0.4 is 4.90 Å². The molecule has 1 aliphatic rings. The summed E-state index contributed by atoms with van der Waals surface area (Å²) < 4.78 is 42.3. The molecule has 0 amide bonds. The molecule has 0 bridgehead atoms. The van der Waals surface area contributed by atoms with Crippen LogP contribution in [0, 0.1) is 6.92 Å². The number of anilines is 1. The number of halogens is 3. The summed E-state index contributed by atoms with van der Waals surface area (Å²) in [6.07, 6.45) is -0.0876. The van der Waals surface area contributed by atoms with Crippen molar-refractivity contribution in [2.45, 2.75) is 19.5 Å². The van der Waals surface area contributed by atoms with E-state index in [1.54, 1.807) is 22.6 Å². The van der Waals surface area contributed by atoms with Gasteiger partial charge in [0.25, 0.3) is 0 Å². The first kappa shape index (κ1) is 18.6. The van der Waals surface area contributed by atoms with Crippen molar-refractivity contribution in [1.29, 1.82) is 0 Å². The highest BCUT2D eigenvalue weighted by molar-refractivity contribution is 5.90. The molecule has 1 aliphatic heterocycles. The minimum Gasteiger partial charge on any atom is -0.355 e. The second-order valence-electron chi connectivity index (χ2n) is 7.31. The van der Waals surface area contributed by atoms with Gasteiger partial charge in [0.1, 0.15) is 23.0 Å². The van der Waals surface area contributed by atoms with Gasteiger partial charge in [0, 0.05) is 25.7 Å². The summed E-state index contributed by atoms with van der Waals surface area (Å²) in [6, 6.07) is 5.06. The Kier molecular flexibility index (Phi) is 4.05. The van der Waals surface area contributed by atoms with Crippen molar-refractivity contribution in [2.24, 2.45) is 7.05 Å². The van der Waals surface area contributed by atoms with Crippen molar-refractivity contribution in [3.8, 4) is 16.9 Å². The third-order valence-electron chi connectivity index (χ3n) is 5.40. The van der Waals surface area contributed by atoms with Gasteiger partial charge in [-0.3, -0.25) is 4.68 Å². The lowest BCUT2D eigenvalue weighted by Gasteiger charge is -2.32. The molecule has 10 heteroatoms. The van der Waals surface area contributed by atoms with Gasteiger partial charge in [-0.25, -0.2) is 14.6 Å². The molecule has 7 nitrogen and oxygen atoms in total. The van der Waals surface area contributed by atoms with Crippen LogP contribution in [0.1, 0.15) is 17.7 Å². The first-order valence-electron chi connectivity index (χ1n) is 9.50. The van der Waals surface area contributed by atoms with Crippen molar-refractivity contribution in [1.82, 2.24) is 29.5 Å². The maximum Gasteiger partial charge on any atom is 0.416 e. The molecule has 4 aromatic rings. The van der Waals surface area contributed by atoms with Gasteiger partial charge >= 0.3 is 6.18 Å². The average Bonchev–Trinajstić information content (AvgIpc) is 3.21. The van der Waals surface area contributed by atoms with E-state index in [-0.39, 0.29) is 0 Å². The number of fused-ring (bicyclic) bond motifs is 1. The van der Waals surface area contributed by atoms with Gasteiger partial charge < -0.3 is 4.90 Å². The van der Waals surface area contributed by atoms with Crippen LogP contribution in [0.4, 0.5) is 19.0 Å². The van der Waals surface area contributed by atoms with Gasteiger partial charge in [0.05, 0.1) is 23.1 Å². The largest absolute Gasteiger partial charge is 0.416 e. The van der Waals surface area contributed by atoms with E-state index in [2.05, 4.69) is 25.1 Å². The Morgan fingerprint density at radius 3 is 2.40 bits per heavy atom. The maximum atomic E-state index is 13.0. The van der Waals surface area contributed by atoms with E-state index in [0.717, 1.165) is 54.2 Å². The minimum absolute atomic E-state index is 0.613. The van der Waals surface area contributed by atoms with Crippen LogP contribution in [-0.4, -0.2) is 42.6 Å². The second kappa shape index (κ2) is 6.54. The van der Waals surface area contributed by atoms with Crippen molar-refractivity contribution in [3.05, 3.63) is 48.0 Å². The molecule has 154 valence electrons. The third-order valence-corrected chi connectivity index (χ3v) is 5.40. The van der Waals surface area contributed by atoms with E-state index >= 15 is 0 Å². The number of aryl methyl sites for hydroxylation is 2. The fourth-order valence-corrected chi connectivity index (χ4v) is 3.74. The Bertz CT molecular complexity index is 1230. The van der Waals surface area contributed by atoms with E-state index < -0.39 is 11.7 Å². The maximum absolute atomic E-state index is 13.0. The van der Waals surface area contributed by atoms with Gasteiger partial charge in [-0.05, 0) is 25.5 Å². The molecule has 0 saturated carbocycles. The zero-order valence-corrected chi connectivity index (χ0v) is 16.3. The van der Waals surface area contributed by atoms with Gasteiger partial charge in [-0.2, -0.15) is 23.4 Å². The molecule has 0 N–H and O–H groups in total. The highest BCUT2D eigenvalue weighted by Gasteiger charge is 2.30. The SMILES string of the molecule is Cc1nn(-c2cnn(C)c2-c2ccc(C(F)(F)F)cc2)c2c(N3CCC3)ncnc12. The molecule has 1 aromatic carbocycles. The topological polar surface area (TPSA) is 64.7 Å². The van der Waals surface area contributed by atoms with Crippen LogP contribution in [0.3, 0.4) is 0 Å². The second-order valence-corrected chi connectivity index (χ2v) is 7.31. The Labute approximate surface area is 169 Å². The number of nitrogens with zero attached hydrogens (tertiary/aromatic N) is 7. The van der Waals surface area contributed by atoms with Crippen molar-refractivity contribution < 1.29 is 13.2 Å². The molecule has 5 rings (SSSR count). The number of hydrogen-bond acceptors (Lipinski definition) is 5. The fourth-order valence-electron chi connectivity index (χ4n) is 3.74. The van der Waals surface area contributed by atoms with Crippen molar-refractivity contribution in [2.75, 3.05) is 18.0 Å². The third kappa shape index (κ3) is 2.82. The Morgan fingerprint density at radius 1 is 1.03 bits per heavy atom. The normalized spacial score (nSPS) is 14.4. The zero-order chi connectivity index (χ0) is 21.0. The minimum atomic E-state index is -4.38. The molecule has 0 aliphatic carbocycles. The molecule has 1 saturated heterocycles. The Morgan fingerprint density at radius 2 is 1.77 bits per heavy atom. The Hall–Kier alpha value is -3.43. The number of alkyl halides is 3. The summed E-state index contributed by atoms with van der Waals surface area (Å²) in [4.78, 5) is 11.0. The van der Waals surface area contributed by atoms with E-state index in [1.807, 2.05) is 6.92 Å². The fraction of sp³-hybridized carbons (Fsp3) is 0.300. The Balaban J connectivity index is 1.69. The van der Waals surface area contributed by atoms with Crippen molar-refractivity contribution in [3.63, 3.8) is 0 Å². The molecule has 0 spiro atoms. The molecule has 4 heterocycles. The quantitative estimate of drug-likeness (QED) is 0.512. The van der Waals surface area contributed by atoms with Gasteiger partial charge in [-0.15, -0.1) is 0 Å². The lowest BCUT2D eigenvalue weighted by Crippen LogP contribution is -2.38. The molecule has 0 atom stereocenters. The molecular weight excluding hydrogens is 395 g/mol. The standard InChI is InChI=1S/C20H18F3N7/c1-12-16-18(19(25-11-24-16)29-8-3-9-29)30(27-12)15-10-26-28(2)17(15)13-4-6-14(7-5-13)20(21,22)23/h4-7,10-11H,3,8-9H2,1-2H3. The summed E-state index contributed by atoms with van der Waals surface area (Å²) in [5.41, 5.74) is 3.50. The van der Waals surface area contributed by atoms with Crippen LogP contribution in [0.5, 0.6) is 0 Å². The van der Waals surface area contributed by atoms with E-state index in [9.17, 15) is 13.2 Å². The summed E-state index contributed by atoms with van der Waals surface area (Å²) in [5, 5.41) is 9.02. The summed E-state index contributed by atoms with van der Waals surface area (Å²) in [6.45, 7) is 3.70. The molecule has 30 heavy (non-hydrogen) atoms. The predicted molar refractivity (Wildman–Crippen MR) is 105 cm³/mol. The number of aromatic nitrogens is 6. The lowest BCUT2D eigenvalue weighted by molar-refractivity contribution is -0.137. The molecule has 0 unspecified atom stereocenters. The number of rotatable bonds is 3. The highest BCUT2D eigenvalue weighted by atomic mass is 19.4. The lowest BCUT2D eigenvalue weighted by atomic mass is 10.1. The average molecular weight is 413 g/mol. The monoisotopic (exact) mass is 413 g/mol. The van der Waals surface area contributed by atoms with Gasteiger partial charge in [-0.1, -0.05) is 12.1 Å². The number of benzene rings is 1. The van der Waals surface area contributed by atoms with Crippen LogP contribution in [0.15, 0.2) is 36.8 Å². The summed E-state index contributed by atoms with van der Waals surface area (Å²) in [5.74, 6) is 0.800. The van der Waals surface area contributed by atoms with Crippen molar-refractivity contribution >= 4 is 16.9 Å². The molecule has 0 radical (unpaired) electrons. The van der Waals surface area contributed by atoms with Crippen LogP contribution in [0.2, 0.25) is 0 Å².